The minimum Gasteiger partial charge on any atom is -0.358 e. The minimum atomic E-state index is 0.233. The molecule has 3 rings (SSSR count). The van der Waals surface area contributed by atoms with E-state index in [-0.39, 0.29) is 4.32 Å². The van der Waals surface area contributed by atoms with Gasteiger partial charge < -0.3 is 4.98 Å². The zero-order valence-corrected chi connectivity index (χ0v) is 13.2. The third kappa shape index (κ3) is 1.97. The van der Waals surface area contributed by atoms with Crippen LogP contribution in [-0.4, -0.2) is 9.31 Å². The lowest BCUT2D eigenvalue weighted by Gasteiger charge is -2.32. The maximum atomic E-state index is 3.87. The summed E-state index contributed by atoms with van der Waals surface area (Å²) in [5.74, 6) is 0.592. The quantitative estimate of drug-likeness (QED) is 0.629. The number of H-pyrrole nitrogens is 1. The van der Waals surface area contributed by atoms with Crippen LogP contribution in [0.5, 0.6) is 0 Å². The van der Waals surface area contributed by atoms with Gasteiger partial charge in [-0.1, -0.05) is 38.8 Å². The number of hydrogen-bond acceptors (Lipinski definition) is 0. The van der Waals surface area contributed by atoms with E-state index in [0.29, 0.717) is 5.92 Å². The molecule has 2 unspecified atom stereocenters. The number of fused-ring (bicyclic) bond motifs is 3. The van der Waals surface area contributed by atoms with E-state index in [9.17, 15) is 0 Å². The average molecular weight is 357 g/mol. The van der Waals surface area contributed by atoms with E-state index >= 15 is 0 Å². The number of aromatic nitrogens is 1. The Morgan fingerprint density at radius 3 is 2.94 bits per heavy atom. The number of aromatic amines is 1. The van der Waals surface area contributed by atoms with Crippen LogP contribution in [0, 0.1) is 0 Å². The van der Waals surface area contributed by atoms with E-state index < -0.39 is 0 Å². The van der Waals surface area contributed by atoms with Gasteiger partial charge in [0.15, 0.2) is 0 Å². The number of halogens is 2. The first-order valence-corrected chi connectivity index (χ1v) is 7.54. The lowest BCUT2D eigenvalue weighted by atomic mass is 9.81. The summed E-state index contributed by atoms with van der Waals surface area (Å²) in [5.41, 5.74) is 4.17. The second-order valence-corrected chi connectivity index (χ2v) is 8.23. The van der Waals surface area contributed by atoms with Crippen LogP contribution in [0.3, 0.4) is 0 Å². The molecule has 1 aliphatic rings. The van der Waals surface area contributed by atoms with Crippen molar-refractivity contribution in [1.82, 2.24) is 4.98 Å². The predicted molar refractivity (Wildman–Crippen MR) is 80.1 cm³/mol. The molecule has 0 saturated heterocycles. The van der Waals surface area contributed by atoms with E-state index in [1.54, 1.807) is 0 Å². The number of rotatable bonds is 0. The van der Waals surface area contributed by atoms with Crippen LogP contribution in [0.15, 0.2) is 22.7 Å². The molecule has 1 aromatic carbocycles. The molecule has 0 aliphatic heterocycles. The number of nitrogens with one attached hydrogen (secondary N) is 1. The highest BCUT2D eigenvalue weighted by Gasteiger charge is 2.33. The molecule has 0 amide bonds. The van der Waals surface area contributed by atoms with Gasteiger partial charge in [-0.15, -0.1) is 0 Å². The zero-order valence-electron chi connectivity index (χ0n) is 9.98. The van der Waals surface area contributed by atoms with Crippen molar-refractivity contribution in [1.29, 1.82) is 0 Å². The molecular weight excluding hydrogens is 342 g/mol. The van der Waals surface area contributed by atoms with Crippen molar-refractivity contribution in [2.75, 3.05) is 0 Å². The Morgan fingerprint density at radius 2 is 2.18 bits per heavy atom. The Balaban J connectivity index is 2.26. The van der Waals surface area contributed by atoms with Crippen LogP contribution < -0.4 is 0 Å². The Bertz CT molecular complexity index is 583. The Morgan fingerprint density at radius 1 is 1.41 bits per heavy atom. The summed E-state index contributed by atoms with van der Waals surface area (Å²) in [6.45, 7) is 4.60. The highest BCUT2D eigenvalue weighted by Crippen LogP contribution is 2.44. The first-order chi connectivity index (χ1) is 7.96. The molecule has 0 fully saturated rings. The van der Waals surface area contributed by atoms with Crippen LogP contribution >= 0.6 is 31.9 Å². The van der Waals surface area contributed by atoms with Gasteiger partial charge >= 0.3 is 0 Å². The van der Waals surface area contributed by atoms with Crippen LogP contribution in [-0.2, 0) is 6.42 Å². The van der Waals surface area contributed by atoms with Crippen molar-refractivity contribution in [3.8, 4) is 0 Å². The molecule has 0 saturated carbocycles. The largest absolute Gasteiger partial charge is 0.358 e. The van der Waals surface area contributed by atoms with Crippen molar-refractivity contribution in [2.45, 2.75) is 36.9 Å². The van der Waals surface area contributed by atoms with Gasteiger partial charge in [-0.25, -0.2) is 0 Å². The molecule has 1 nitrogen and oxygen atoms in total. The van der Waals surface area contributed by atoms with Crippen LogP contribution in [0.25, 0.3) is 10.9 Å². The van der Waals surface area contributed by atoms with Crippen molar-refractivity contribution in [3.63, 3.8) is 0 Å². The fourth-order valence-electron chi connectivity index (χ4n) is 3.03. The standard InChI is InChI=1S/C14H15Br2N/c1-8-6-14(2,16)7-11-10-5-9(15)3-4-12(10)17-13(8)11/h3-5,8,17H,6-7H2,1-2H3. The topological polar surface area (TPSA) is 15.8 Å². The summed E-state index contributed by atoms with van der Waals surface area (Å²) in [4.78, 5) is 3.59. The predicted octanol–water partition coefficient (Wildman–Crippen LogP) is 5.13. The van der Waals surface area contributed by atoms with Gasteiger partial charge in [0.25, 0.3) is 0 Å². The normalized spacial score (nSPS) is 28.4. The van der Waals surface area contributed by atoms with Crippen molar-refractivity contribution in [3.05, 3.63) is 33.9 Å². The van der Waals surface area contributed by atoms with Gasteiger partial charge in [0.05, 0.1) is 0 Å². The van der Waals surface area contributed by atoms with E-state index in [0.717, 1.165) is 10.9 Å². The number of benzene rings is 1. The molecule has 2 atom stereocenters. The lowest BCUT2D eigenvalue weighted by Crippen LogP contribution is -2.27. The monoisotopic (exact) mass is 355 g/mol. The summed E-state index contributed by atoms with van der Waals surface area (Å²) >= 11 is 7.43. The van der Waals surface area contributed by atoms with Crippen LogP contribution in [0.1, 0.15) is 37.4 Å². The molecule has 1 aliphatic carbocycles. The van der Waals surface area contributed by atoms with E-state index in [4.69, 9.17) is 0 Å². The molecule has 90 valence electrons. The first-order valence-electron chi connectivity index (χ1n) is 5.95. The Labute approximate surface area is 118 Å². The fraction of sp³-hybridized carbons (Fsp3) is 0.429. The summed E-state index contributed by atoms with van der Waals surface area (Å²) < 4.78 is 1.39. The van der Waals surface area contributed by atoms with Gasteiger partial charge in [-0.05, 0) is 49.4 Å². The van der Waals surface area contributed by atoms with Gasteiger partial charge in [-0.2, -0.15) is 0 Å². The van der Waals surface area contributed by atoms with E-state index in [2.05, 4.69) is 68.9 Å². The fourth-order valence-corrected chi connectivity index (χ4v) is 4.16. The smallest absolute Gasteiger partial charge is 0.0459 e. The summed E-state index contributed by atoms with van der Waals surface area (Å²) in [7, 11) is 0. The maximum Gasteiger partial charge on any atom is 0.0459 e. The Hall–Kier alpha value is -0.280. The number of alkyl halides is 1. The molecule has 1 aromatic heterocycles. The van der Waals surface area contributed by atoms with Gasteiger partial charge in [-0.3, -0.25) is 0 Å². The highest BCUT2D eigenvalue weighted by molar-refractivity contribution is 9.10. The van der Waals surface area contributed by atoms with Crippen molar-refractivity contribution < 1.29 is 0 Å². The second kappa shape index (κ2) is 3.86. The third-order valence-electron chi connectivity index (χ3n) is 3.67. The summed E-state index contributed by atoms with van der Waals surface area (Å²) in [5, 5.41) is 1.37. The van der Waals surface area contributed by atoms with Gasteiger partial charge in [0.1, 0.15) is 0 Å². The SMILES string of the molecule is CC1CC(C)(Br)Cc2c1[nH]c1ccc(Br)cc21. The van der Waals surface area contributed by atoms with E-state index in [1.807, 2.05) is 0 Å². The minimum absolute atomic E-state index is 0.233. The first kappa shape index (κ1) is 11.8. The molecule has 0 radical (unpaired) electrons. The van der Waals surface area contributed by atoms with Crippen molar-refractivity contribution in [2.24, 2.45) is 0 Å². The maximum absolute atomic E-state index is 3.87. The molecular formula is C14H15Br2N. The molecule has 1 N–H and O–H groups in total. The molecule has 0 spiro atoms. The molecule has 17 heavy (non-hydrogen) atoms. The summed E-state index contributed by atoms with van der Waals surface area (Å²) in [6, 6.07) is 6.49. The summed E-state index contributed by atoms with van der Waals surface area (Å²) in [6.07, 6.45) is 2.29. The Kier molecular flexibility index (Phi) is 2.67. The molecule has 3 heteroatoms. The van der Waals surface area contributed by atoms with Crippen LogP contribution in [0.4, 0.5) is 0 Å². The second-order valence-electron chi connectivity index (χ2n) is 5.40. The molecule has 0 bridgehead atoms. The molecule has 1 heterocycles. The van der Waals surface area contributed by atoms with E-state index in [1.165, 1.54) is 28.6 Å². The zero-order chi connectivity index (χ0) is 12.2. The van der Waals surface area contributed by atoms with Gasteiger partial charge in [0, 0.05) is 25.4 Å². The molecule has 2 aromatic rings. The number of hydrogen-bond donors (Lipinski definition) is 1. The van der Waals surface area contributed by atoms with Crippen molar-refractivity contribution >= 4 is 42.8 Å². The van der Waals surface area contributed by atoms with Gasteiger partial charge in [0.2, 0.25) is 0 Å². The highest BCUT2D eigenvalue weighted by atomic mass is 79.9. The van der Waals surface area contributed by atoms with Crippen LogP contribution in [0.2, 0.25) is 0 Å². The third-order valence-corrected chi connectivity index (χ3v) is 4.77. The average Bonchev–Trinajstić information content (AvgIpc) is 2.55. The lowest BCUT2D eigenvalue weighted by molar-refractivity contribution is 0.496.